The molecule has 0 saturated carbocycles. The molecule has 0 aromatic carbocycles. The Morgan fingerprint density at radius 1 is 1.50 bits per heavy atom. The average Bonchev–Trinajstić information content (AvgIpc) is 2.13. The molecule has 0 aliphatic carbocycles. The number of nitrogens with zero attached hydrogens (tertiary/aromatic N) is 1. The summed E-state index contributed by atoms with van der Waals surface area (Å²) in [6, 6.07) is 1.57. The maximum Gasteiger partial charge on any atom is 0.209 e. The van der Waals surface area contributed by atoms with E-state index in [-0.39, 0.29) is 5.75 Å². The van der Waals surface area contributed by atoms with Crippen molar-refractivity contribution < 1.29 is 8.42 Å². The van der Waals surface area contributed by atoms with Crippen LogP contribution in [0.3, 0.4) is 0 Å². The van der Waals surface area contributed by atoms with Crippen molar-refractivity contribution in [3.63, 3.8) is 0 Å². The number of nitrogens with one attached hydrogen (secondary N) is 1. The summed E-state index contributed by atoms with van der Waals surface area (Å²) >= 11 is 5.85. The molecule has 0 aliphatic rings. The van der Waals surface area contributed by atoms with Crippen molar-refractivity contribution in [2.24, 2.45) is 5.14 Å². The van der Waals surface area contributed by atoms with E-state index in [1.165, 1.54) is 6.20 Å². The first kappa shape index (κ1) is 13.0. The minimum atomic E-state index is -3.41. The summed E-state index contributed by atoms with van der Waals surface area (Å²) in [7, 11) is -3.41. The minimum absolute atomic E-state index is 0.0768. The summed E-state index contributed by atoms with van der Waals surface area (Å²) in [4.78, 5) is 3.96. The van der Waals surface area contributed by atoms with Crippen molar-refractivity contribution in [1.29, 1.82) is 0 Å². The lowest BCUT2D eigenvalue weighted by Crippen LogP contribution is -2.18. The van der Waals surface area contributed by atoms with E-state index in [1.807, 2.05) is 0 Å². The Labute approximate surface area is 99.0 Å². The Morgan fingerprint density at radius 3 is 2.75 bits per heavy atom. The minimum Gasteiger partial charge on any atom is -0.397 e. The molecule has 1 heterocycles. The number of hydrogen-bond donors (Lipinski definition) is 3. The number of nitrogen functional groups attached to an aromatic ring is 1. The molecule has 0 fully saturated rings. The SMILES string of the molecule is Nc1cnc(NCCCS(N)(=O)=O)c(Cl)c1. The molecule has 0 bridgehead atoms. The van der Waals surface area contributed by atoms with Crippen LogP contribution in [-0.2, 0) is 10.0 Å². The number of aromatic nitrogens is 1. The molecule has 0 amide bonds. The standard InChI is InChI=1S/C8H13ClN4O2S/c9-7-4-6(10)5-13-8(7)12-2-1-3-16(11,14)15/h4-5H,1-3,10H2,(H,12,13)(H2,11,14,15). The number of pyridine rings is 1. The maximum absolute atomic E-state index is 10.6. The van der Waals surface area contributed by atoms with E-state index in [4.69, 9.17) is 22.5 Å². The topological polar surface area (TPSA) is 111 Å². The molecule has 1 aromatic rings. The number of primary sulfonamides is 1. The van der Waals surface area contributed by atoms with Crippen LogP contribution in [0.15, 0.2) is 12.3 Å². The zero-order valence-corrected chi connectivity index (χ0v) is 10.1. The van der Waals surface area contributed by atoms with Crippen LogP contribution in [0.5, 0.6) is 0 Å². The molecular weight excluding hydrogens is 252 g/mol. The van der Waals surface area contributed by atoms with Gasteiger partial charge in [-0.3, -0.25) is 0 Å². The molecule has 0 spiro atoms. The summed E-state index contributed by atoms with van der Waals surface area (Å²) in [6.45, 7) is 0.424. The summed E-state index contributed by atoms with van der Waals surface area (Å²) in [5, 5.41) is 8.14. The average molecular weight is 265 g/mol. The molecule has 0 saturated heterocycles. The van der Waals surface area contributed by atoms with Crippen LogP contribution >= 0.6 is 11.6 Å². The number of nitrogens with two attached hydrogens (primary N) is 2. The lowest BCUT2D eigenvalue weighted by Gasteiger charge is -2.06. The highest BCUT2D eigenvalue weighted by Gasteiger charge is 2.04. The van der Waals surface area contributed by atoms with Gasteiger partial charge in [-0.2, -0.15) is 0 Å². The smallest absolute Gasteiger partial charge is 0.209 e. The third-order valence-corrected chi connectivity index (χ3v) is 2.91. The number of sulfonamides is 1. The second-order valence-corrected chi connectivity index (χ2v) is 5.39. The van der Waals surface area contributed by atoms with E-state index in [9.17, 15) is 8.42 Å². The fourth-order valence-electron chi connectivity index (χ4n) is 1.06. The van der Waals surface area contributed by atoms with Crippen molar-refractivity contribution in [1.82, 2.24) is 4.98 Å². The molecule has 90 valence electrons. The van der Waals surface area contributed by atoms with Crippen LogP contribution in [0.2, 0.25) is 5.02 Å². The zero-order valence-electron chi connectivity index (χ0n) is 8.48. The van der Waals surface area contributed by atoms with Gasteiger partial charge < -0.3 is 11.1 Å². The molecule has 8 heteroatoms. The summed E-state index contributed by atoms with van der Waals surface area (Å²) in [5.74, 6) is 0.400. The number of halogens is 1. The van der Waals surface area contributed by atoms with Gasteiger partial charge in [-0.1, -0.05) is 11.6 Å². The highest BCUT2D eigenvalue weighted by atomic mass is 35.5. The van der Waals surface area contributed by atoms with Crippen molar-refractivity contribution >= 4 is 33.1 Å². The number of anilines is 2. The molecule has 0 radical (unpaired) electrons. The van der Waals surface area contributed by atoms with Gasteiger partial charge in [-0.15, -0.1) is 0 Å². The molecule has 0 unspecified atom stereocenters. The highest BCUT2D eigenvalue weighted by Crippen LogP contribution is 2.20. The lowest BCUT2D eigenvalue weighted by atomic mass is 10.4. The van der Waals surface area contributed by atoms with Gasteiger partial charge in [0, 0.05) is 6.54 Å². The van der Waals surface area contributed by atoms with Crippen molar-refractivity contribution in [3.05, 3.63) is 17.3 Å². The number of hydrogen-bond acceptors (Lipinski definition) is 5. The maximum atomic E-state index is 10.6. The summed E-state index contributed by atoms with van der Waals surface area (Å²) in [6.07, 6.45) is 1.86. The van der Waals surface area contributed by atoms with E-state index in [1.54, 1.807) is 6.07 Å². The van der Waals surface area contributed by atoms with Crippen LogP contribution in [-0.4, -0.2) is 25.7 Å². The third kappa shape index (κ3) is 4.65. The molecule has 5 N–H and O–H groups in total. The van der Waals surface area contributed by atoms with Crippen LogP contribution in [0.25, 0.3) is 0 Å². The Morgan fingerprint density at radius 2 is 2.19 bits per heavy atom. The summed E-state index contributed by atoms with van der Waals surface area (Å²) in [5.41, 5.74) is 5.94. The van der Waals surface area contributed by atoms with Gasteiger partial charge in [0.05, 0.1) is 22.7 Å². The van der Waals surface area contributed by atoms with Gasteiger partial charge >= 0.3 is 0 Å². The third-order valence-electron chi connectivity index (χ3n) is 1.76. The zero-order chi connectivity index (χ0) is 12.2. The second kappa shape index (κ2) is 5.33. The van der Waals surface area contributed by atoms with Crippen LogP contribution in [0, 0.1) is 0 Å². The quantitative estimate of drug-likeness (QED) is 0.667. The first-order valence-electron chi connectivity index (χ1n) is 4.54. The first-order valence-corrected chi connectivity index (χ1v) is 6.63. The largest absolute Gasteiger partial charge is 0.397 e. The van der Waals surface area contributed by atoms with Gasteiger partial charge in [0.15, 0.2) is 0 Å². The predicted molar refractivity (Wildman–Crippen MR) is 64.7 cm³/mol. The Kier molecular flexibility index (Phi) is 4.34. The van der Waals surface area contributed by atoms with Crippen LogP contribution in [0.1, 0.15) is 6.42 Å². The van der Waals surface area contributed by atoms with Crippen molar-refractivity contribution in [3.8, 4) is 0 Å². The molecule has 16 heavy (non-hydrogen) atoms. The van der Waals surface area contributed by atoms with Crippen molar-refractivity contribution in [2.45, 2.75) is 6.42 Å². The Balaban J connectivity index is 2.43. The fraction of sp³-hybridized carbons (Fsp3) is 0.375. The van der Waals surface area contributed by atoms with Gasteiger partial charge in [-0.05, 0) is 12.5 Å². The predicted octanol–water partition coefficient (Wildman–Crippen LogP) is 0.408. The molecule has 0 aliphatic heterocycles. The number of rotatable bonds is 5. The molecular formula is C8H13ClN4O2S. The normalized spacial score (nSPS) is 11.4. The molecule has 1 rings (SSSR count). The van der Waals surface area contributed by atoms with Crippen LogP contribution in [0.4, 0.5) is 11.5 Å². The Hall–Kier alpha value is -1.05. The molecule has 6 nitrogen and oxygen atoms in total. The van der Waals surface area contributed by atoms with Gasteiger partial charge in [0.2, 0.25) is 10.0 Å². The monoisotopic (exact) mass is 264 g/mol. The van der Waals surface area contributed by atoms with Gasteiger partial charge in [-0.25, -0.2) is 18.5 Å². The van der Waals surface area contributed by atoms with Gasteiger partial charge in [0.25, 0.3) is 0 Å². The lowest BCUT2D eigenvalue weighted by molar-refractivity contribution is 0.596. The molecule has 1 aromatic heterocycles. The van der Waals surface area contributed by atoms with E-state index >= 15 is 0 Å². The summed E-state index contributed by atoms with van der Waals surface area (Å²) < 4.78 is 21.3. The van der Waals surface area contributed by atoms with E-state index in [2.05, 4.69) is 10.3 Å². The second-order valence-electron chi connectivity index (χ2n) is 3.25. The first-order chi connectivity index (χ1) is 7.38. The van der Waals surface area contributed by atoms with Crippen LogP contribution < -0.4 is 16.2 Å². The van der Waals surface area contributed by atoms with E-state index in [0.717, 1.165) is 0 Å². The van der Waals surface area contributed by atoms with E-state index < -0.39 is 10.0 Å². The van der Waals surface area contributed by atoms with E-state index in [0.29, 0.717) is 29.5 Å². The Bertz CT molecular complexity index is 463. The highest BCUT2D eigenvalue weighted by molar-refractivity contribution is 7.89. The molecule has 0 atom stereocenters. The van der Waals surface area contributed by atoms with Crippen molar-refractivity contribution in [2.75, 3.05) is 23.3 Å². The fourth-order valence-corrected chi connectivity index (χ4v) is 1.85. The van der Waals surface area contributed by atoms with Gasteiger partial charge in [0.1, 0.15) is 5.82 Å².